The van der Waals surface area contributed by atoms with Crippen molar-refractivity contribution in [3.05, 3.63) is 77.2 Å². The number of aliphatic carboxylic acids is 1. The monoisotopic (exact) mass is 627 g/mol. The number of nitrogens with zero attached hydrogens (tertiary/aromatic N) is 3. The second-order valence-corrected chi connectivity index (χ2v) is 12.1. The summed E-state index contributed by atoms with van der Waals surface area (Å²) in [5.41, 5.74) is 8.07. The van der Waals surface area contributed by atoms with Gasteiger partial charge in [-0.05, 0) is 87.0 Å². The largest absolute Gasteiger partial charge is 0.480 e. The van der Waals surface area contributed by atoms with Crippen molar-refractivity contribution in [1.29, 1.82) is 0 Å². The van der Waals surface area contributed by atoms with Crippen molar-refractivity contribution < 1.29 is 27.8 Å². The van der Waals surface area contributed by atoms with Crippen LogP contribution in [-0.4, -0.2) is 56.7 Å². The van der Waals surface area contributed by atoms with Crippen LogP contribution in [0.3, 0.4) is 0 Å². The van der Waals surface area contributed by atoms with E-state index in [1.165, 1.54) is 6.07 Å². The Morgan fingerprint density at radius 3 is 2.50 bits per heavy atom. The first-order valence-electron chi connectivity index (χ1n) is 15.6. The van der Waals surface area contributed by atoms with Crippen LogP contribution in [-0.2, 0) is 11.3 Å². The number of alkyl halides is 2. The highest BCUT2D eigenvalue weighted by molar-refractivity contribution is 5.84. The number of nitrogens with one attached hydrogen (secondary N) is 2. The summed E-state index contributed by atoms with van der Waals surface area (Å²) in [5.74, 6) is 0.336. The highest BCUT2D eigenvalue weighted by Crippen LogP contribution is 2.38. The normalized spacial score (nSPS) is 18.6. The second kappa shape index (κ2) is 12.3. The predicted octanol–water partition coefficient (Wildman–Crippen LogP) is 7.24. The zero-order valence-corrected chi connectivity index (χ0v) is 25.6. The number of imidazole rings is 1. The zero-order valence-electron chi connectivity index (χ0n) is 25.6. The van der Waals surface area contributed by atoms with Gasteiger partial charge in [0.1, 0.15) is 23.1 Å². The average molecular weight is 628 g/mol. The number of aromatic amines is 1. The smallest absolute Gasteiger partial charge is 0.387 e. The molecule has 0 spiro atoms. The third-order valence-electron chi connectivity index (χ3n) is 9.26. The molecule has 5 aromatic rings. The number of benzene rings is 3. The molecule has 0 bridgehead atoms. The summed E-state index contributed by atoms with van der Waals surface area (Å²) in [6, 6.07) is 14.8. The van der Waals surface area contributed by atoms with Crippen LogP contribution in [0.4, 0.5) is 8.78 Å². The van der Waals surface area contributed by atoms with E-state index in [9.17, 15) is 18.7 Å². The number of aromatic nitrogens is 3. The van der Waals surface area contributed by atoms with Gasteiger partial charge in [-0.1, -0.05) is 30.3 Å². The Morgan fingerprint density at radius 2 is 1.78 bits per heavy atom. The highest BCUT2D eigenvalue weighted by Gasteiger charge is 2.31. The van der Waals surface area contributed by atoms with Crippen molar-refractivity contribution in [1.82, 2.24) is 25.2 Å². The maximum atomic E-state index is 13.4. The van der Waals surface area contributed by atoms with Crippen LogP contribution in [0.2, 0.25) is 0 Å². The zero-order chi connectivity index (χ0) is 31.9. The lowest BCUT2D eigenvalue weighted by Gasteiger charge is -2.22. The van der Waals surface area contributed by atoms with Crippen molar-refractivity contribution in [2.75, 3.05) is 13.1 Å². The molecular formula is C35H35F2N5O4. The number of ether oxygens (including phenoxy) is 1. The lowest BCUT2D eigenvalue weighted by atomic mass is 9.91. The van der Waals surface area contributed by atoms with Crippen LogP contribution in [0, 0.1) is 13.8 Å². The van der Waals surface area contributed by atoms with E-state index in [0.717, 1.165) is 70.7 Å². The van der Waals surface area contributed by atoms with E-state index in [-0.39, 0.29) is 18.3 Å². The molecule has 2 atom stereocenters. The first-order valence-corrected chi connectivity index (χ1v) is 15.6. The standard InChI is InChI=1S/C35H35F2N5O4/c1-19-22(7-3-9-24(19)28-17-39-32(40-28)26-11-5-13-38-26)23-8-4-10-25(20(23)2)33-41-27-15-21(18-42-14-6-12-29(42)34(43)44)30(46-35(36)37)16-31(27)45-33/h3-4,7-10,15-17,26,29,35,38H,5-6,11-14,18H2,1-2H3,(H,39,40)(H,43,44)/t26-,29-/m0/s1. The molecule has 11 heteroatoms. The summed E-state index contributed by atoms with van der Waals surface area (Å²) in [4.78, 5) is 26.5. The molecule has 4 heterocycles. The number of hydrogen-bond donors (Lipinski definition) is 3. The van der Waals surface area contributed by atoms with Crippen molar-refractivity contribution in [2.24, 2.45) is 0 Å². The van der Waals surface area contributed by atoms with E-state index in [1.54, 1.807) is 11.0 Å². The van der Waals surface area contributed by atoms with E-state index in [0.29, 0.717) is 35.5 Å². The number of rotatable bonds is 9. The molecule has 0 unspecified atom stereocenters. The molecule has 46 heavy (non-hydrogen) atoms. The fourth-order valence-electron chi connectivity index (χ4n) is 6.89. The summed E-state index contributed by atoms with van der Waals surface area (Å²) >= 11 is 0. The molecule has 7 rings (SSSR count). The van der Waals surface area contributed by atoms with Crippen LogP contribution in [0.1, 0.15) is 54.2 Å². The molecule has 238 valence electrons. The topological polar surface area (TPSA) is 117 Å². The van der Waals surface area contributed by atoms with Gasteiger partial charge in [0, 0.05) is 35.5 Å². The number of oxazole rings is 1. The molecule has 2 aliphatic rings. The Kier molecular flexibility index (Phi) is 8.04. The molecular weight excluding hydrogens is 592 g/mol. The van der Waals surface area contributed by atoms with Gasteiger partial charge in [-0.15, -0.1) is 0 Å². The SMILES string of the molecule is Cc1c(-c2c[nH]c([C@@H]3CCCN3)n2)cccc1-c1cccc(-c2nc3cc(CN4CCC[C@H]4C(=O)O)c(OC(F)F)cc3o2)c1C. The molecule has 2 aliphatic heterocycles. The Labute approximate surface area is 264 Å². The van der Waals surface area contributed by atoms with E-state index >= 15 is 0 Å². The second-order valence-electron chi connectivity index (χ2n) is 12.1. The Balaban J connectivity index is 1.23. The van der Waals surface area contributed by atoms with Gasteiger partial charge in [-0.2, -0.15) is 8.78 Å². The van der Waals surface area contributed by atoms with Crippen LogP contribution in [0.5, 0.6) is 5.75 Å². The number of fused-ring (bicyclic) bond motifs is 1. The van der Waals surface area contributed by atoms with E-state index < -0.39 is 18.6 Å². The van der Waals surface area contributed by atoms with Gasteiger partial charge in [0.15, 0.2) is 5.58 Å². The predicted molar refractivity (Wildman–Crippen MR) is 170 cm³/mol. The third-order valence-corrected chi connectivity index (χ3v) is 9.26. The number of carboxylic acid groups (broad SMARTS) is 1. The first-order chi connectivity index (χ1) is 22.3. The van der Waals surface area contributed by atoms with Crippen molar-refractivity contribution >= 4 is 17.1 Å². The summed E-state index contributed by atoms with van der Waals surface area (Å²) < 4.78 is 37.8. The van der Waals surface area contributed by atoms with E-state index in [4.69, 9.17) is 19.1 Å². The van der Waals surface area contributed by atoms with Crippen molar-refractivity contribution in [2.45, 2.75) is 64.8 Å². The van der Waals surface area contributed by atoms with E-state index in [2.05, 4.69) is 35.4 Å². The first kappa shape index (κ1) is 30.1. The van der Waals surface area contributed by atoms with Gasteiger partial charge in [0.2, 0.25) is 5.89 Å². The molecule has 0 amide bonds. The van der Waals surface area contributed by atoms with Crippen LogP contribution in [0.15, 0.2) is 59.1 Å². The number of carboxylic acids is 1. The minimum Gasteiger partial charge on any atom is -0.480 e. The summed E-state index contributed by atoms with van der Waals surface area (Å²) in [5, 5.41) is 13.1. The fraction of sp³-hybridized carbons (Fsp3) is 0.343. The quantitative estimate of drug-likeness (QED) is 0.157. The number of carbonyl (C=O) groups is 1. The van der Waals surface area contributed by atoms with Crippen molar-refractivity contribution in [3.63, 3.8) is 0 Å². The number of halogens is 2. The van der Waals surface area contributed by atoms with Gasteiger partial charge < -0.3 is 24.6 Å². The number of H-pyrrole nitrogens is 1. The molecule has 2 saturated heterocycles. The van der Waals surface area contributed by atoms with Gasteiger partial charge in [-0.25, -0.2) is 9.97 Å². The summed E-state index contributed by atoms with van der Waals surface area (Å²) in [6.45, 7) is 2.77. The Hall–Kier alpha value is -4.61. The summed E-state index contributed by atoms with van der Waals surface area (Å²) in [6.07, 6.45) is 5.41. The van der Waals surface area contributed by atoms with Gasteiger partial charge >= 0.3 is 12.6 Å². The molecule has 3 aromatic carbocycles. The van der Waals surface area contributed by atoms with E-state index in [1.807, 2.05) is 31.3 Å². The van der Waals surface area contributed by atoms with Gasteiger partial charge in [-0.3, -0.25) is 9.69 Å². The molecule has 9 nitrogen and oxygen atoms in total. The molecule has 2 fully saturated rings. The minimum atomic E-state index is -3.04. The summed E-state index contributed by atoms with van der Waals surface area (Å²) in [7, 11) is 0. The molecule has 0 radical (unpaired) electrons. The Morgan fingerprint density at radius 1 is 1.04 bits per heavy atom. The van der Waals surface area contributed by atoms with Crippen LogP contribution < -0.4 is 10.1 Å². The lowest BCUT2D eigenvalue weighted by molar-refractivity contribution is -0.142. The van der Waals surface area contributed by atoms with Crippen LogP contribution >= 0.6 is 0 Å². The van der Waals surface area contributed by atoms with Crippen molar-refractivity contribution in [3.8, 4) is 39.6 Å². The fourth-order valence-corrected chi connectivity index (χ4v) is 6.89. The molecule has 0 aliphatic carbocycles. The number of likely N-dealkylation sites (tertiary alicyclic amines) is 1. The van der Waals surface area contributed by atoms with Gasteiger partial charge in [0.25, 0.3) is 0 Å². The lowest BCUT2D eigenvalue weighted by Crippen LogP contribution is -2.35. The maximum absolute atomic E-state index is 13.4. The minimum absolute atomic E-state index is 0.0515. The van der Waals surface area contributed by atoms with Crippen LogP contribution in [0.25, 0.3) is 44.9 Å². The Bertz CT molecular complexity index is 1910. The van der Waals surface area contributed by atoms with Gasteiger partial charge in [0.05, 0.1) is 11.7 Å². The molecule has 3 N–H and O–H groups in total. The number of hydrogen-bond acceptors (Lipinski definition) is 7. The molecule has 2 aromatic heterocycles. The highest BCUT2D eigenvalue weighted by atomic mass is 19.3. The molecule has 0 saturated carbocycles. The maximum Gasteiger partial charge on any atom is 0.387 e. The average Bonchev–Trinajstić information content (AvgIpc) is 3.85. The third kappa shape index (κ3) is 5.65.